The molecule has 0 bridgehead atoms. The molecule has 184 valence electrons. The number of aryl methyl sites for hydroxylation is 1. The standard InChI is InChI=1S/C27H29BrN2O5/c1-4-33-24-15-19(16-29-21-12-8-20(9-13-21)27(32)34-5-2)14-23(28)26(24)35-17-25(31)30-22-10-6-18(3)7-11-22/h6-15,29H,4-5,16-17H2,1-3H3,(H,30,31). The molecule has 35 heavy (non-hydrogen) atoms. The van der Waals surface area contributed by atoms with Gasteiger partial charge in [0.1, 0.15) is 0 Å². The molecule has 0 saturated carbocycles. The van der Waals surface area contributed by atoms with Crippen LogP contribution in [0.25, 0.3) is 0 Å². The van der Waals surface area contributed by atoms with Gasteiger partial charge in [0.05, 0.1) is 23.2 Å². The molecule has 7 nitrogen and oxygen atoms in total. The van der Waals surface area contributed by atoms with Crippen LogP contribution in [0.2, 0.25) is 0 Å². The summed E-state index contributed by atoms with van der Waals surface area (Å²) in [7, 11) is 0. The number of benzene rings is 3. The number of carbonyl (C=O) groups is 2. The van der Waals surface area contributed by atoms with E-state index in [-0.39, 0.29) is 18.5 Å². The van der Waals surface area contributed by atoms with Gasteiger partial charge in [-0.2, -0.15) is 0 Å². The summed E-state index contributed by atoms with van der Waals surface area (Å²) in [5, 5.41) is 6.14. The number of nitrogens with one attached hydrogen (secondary N) is 2. The second-order valence-corrected chi connectivity index (χ2v) is 8.55. The van der Waals surface area contributed by atoms with Gasteiger partial charge in [0.25, 0.3) is 5.91 Å². The highest BCUT2D eigenvalue weighted by Crippen LogP contribution is 2.37. The lowest BCUT2D eigenvalue weighted by molar-refractivity contribution is -0.118. The molecule has 0 aromatic heterocycles. The fourth-order valence-electron chi connectivity index (χ4n) is 3.24. The summed E-state index contributed by atoms with van der Waals surface area (Å²) in [5.74, 6) is 0.403. The number of amides is 1. The second kappa shape index (κ2) is 12.8. The highest BCUT2D eigenvalue weighted by molar-refractivity contribution is 9.10. The summed E-state index contributed by atoms with van der Waals surface area (Å²) in [6, 6.07) is 18.5. The first kappa shape index (κ1) is 26.1. The predicted molar refractivity (Wildman–Crippen MR) is 140 cm³/mol. The fraction of sp³-hybridized carbons (Fsp3) is 0.259. The Bertz CT molecular complexity index is 1150. The van der Waals surface area contributed by atoms with Crippen LogP contribution in [0.5, 0.6) is 11.5 Å². The Morgan fingerprint density at radius 2 is 1.57 bits per heavy atom. The lowest BCUT2D eigenvalue weighted by Crippen LogP contribution is -2.20. The molecule has 0 atom stereocenters. The summed E-state index contributed by atoms with van der Waals surface area (Å²) in [5.41, 5.74) is 4.15. The van der Waals surface area contributed by atoms with Crippen LogP contribution in [-0.2, 0) is 16.1 Å². The number of anilines is 2. The van der Waals surface area contributed by atoms with Gasteiger partial charge in [-0.15, -0.1) is 0 Å². The number of rotatable bonds is 11. The Morgan fingerprint density at radius 1 is 0.886 bits per heavy atom. The molecule has 0 unspecified atom stereocenters. The van der Waals surface area contributed by atoms with Crippen LogP contribution >= 0.6 is 15.9 Å². The Hall–Kier alpha value is -3.52. The molecule has 0 heterocycles. The maximum Gasteiger partial charge on any atom is 0.338 e. The molecule has 3 rings (SSSR count). The summed E-state index contributed by atoms with van der Waals surface area (Å²) < 4.78 is 17.3. The topological polar surface area (TPSA) is 85.9 Å². The highest BCUT2D eigenvalue weighted by Gasteiger charge is 2.15. The van der Waals surface area contributed by atoms with Crippen LogP contribution < -0.4 is 20.1 Å². The van der Waals surface area contributed by atoms with E-state index >= 15 is 0 Å². The lowest BCUT2D eigenvalue weighted by atomic mass is 10.1. The van der Waals surface area contributed by atoms with E-state index in [1.165, 1.54) is 0 Å². The van der Waals surface area contributed by atoms with Gasteiger partial charge in [-0.1, -0.05) is 17.7 Å². The van der Waals surface area contributed by atoms with Crippen molar-refractivity contribution in [3.63, 3.8) is 0 Å². The summed E-state index contributed by atoms with van der Waals surface area (Å²) in [6.45, 7) is 6.80. The first-order chi connectivity index (χ1) is 16.9. The smallest absolute Gasteiger partial charge is 0.338 e. The third-order valence-corrected chi connectivity index (χ3v) is 5.53. The van der Waals surface area contributed by atoms with Gasteiger partial charge >= 0.3 is 5.97 Å². The molecule has 3 aromatic carbocycles. The molecule has 0 fully saturated rings. The lowest BCUT2D eigenvalue weighted by Gasteiger charge is -2.16. The molecule has 3 aromatic rings. The zero-order valence-corrected chi connectivity index (χ0v) is 21.6. The van der Waals surface area contributed by atoms with Crippen molar-refractivity contribution in [1.82, 2.24) is 0 Å². The van der Waals surface area contributed by atoms with Crippen molar-refractivity contribution in [3.05, 3.63) is 81.8 Å². The van der Waals surface area contributed by atoms with Gasteiger partial charge in [-0.05, 0) is 90.8 Å². The third kappa shape index (κ3) is 7.75. The number of halogens is 1. The molecule has 0 aliphatic heterocycles. The summed E-state index contributed by atoms with van der Waals surface area (Å²) >= 11 is 3.54. The molecule has 1 amide bonds. The third-order valence-electron chi connectivity index (χ3n) is 4.94. The number of carbonyl (C=O) groups excluding carboxylic acids is 2. The minimum atomic E-state index is -0.340. The van der Waals surface area contributed by atoms with E-state index in [4.69, 9.17) is 14.2 Å². The van der Waals surface area contributed by atoms with Crippen LogP contribution in [0.3, 0.4) is 0 Å². The zero-order valence-electron chi connectivity index (χ0n) is 20.0. The quantitative estimate of drug-likeness (QED) is 0.292. The van der Waals surface area contributed by atoms with Gasteiger partial charge in [-0.3, -0.25) is 4.79 Å². The Kier molecular flexibility index (Phi) is 9.55. The number of ether oxygens (including phenoxy) is 3. The summed E-state index contributed by atoms with van der Waals surface area (Å²) in [4.78, 5) is 24.2. The molecule has 0 saturated heterocycles. The average molecular weight is 541 g/mol. The van der Waals surface area contributed by atoms with Gasteiger partial charge in [0, 0.05) is 17.9 Å². The Balaban J connectivity index is 1.63. The molecular formula is C27H29BrN2O5. The molecule has 8 heteroatoms. The van der Waals surface area contributed by atoms with Crippen molar-refractivity contribution < 1.29 is 23.8 Å². The van der Waals surface area contributed by atoms with Crippen LogP contribution in [-0.4, -0.2) is 31.7 Å². The van der Waals surface area contributed by atoms with Crippen LogP contribution in [0, 0.1) is 6.92 Å². The van der Waals surface area contributed by atoms with E-state index in [0.29, 0.717) is 47.0 Å². The van der Waals surface area contributed by atoms with E-state index in [0.717, 1.165) is 16.8 Å². The van der Waals surface area contributed by atoms with Crippen LogP contribution in [0.15, 0.2) is 65.1 Å². The van der Waals surface area contributed by atoms with Gasteiger partial charge in [0.2, 0.25) is 0 Å². The first-order valence-corrected chi connectivity index (χ1v) is 12.1. The van der Waals surface area contributed by atoms with E-state index in [2.05, 4.69) is 26.6 Å². The van der Waals surface area contributed by atoms with Crippen molar-refractivity contribution >= 4 is 39.2 Å². The largest absolute Gasteiger partial charge is 0.490 e. The van der Waals surface area contributed by atoms with Crippen molar-refractivity contribution in [2.75, 3.05) is 30.5 Å². The van der Waals surface area contributed by atoms with Crippen LogP contribution in [0.4, 0.5) is 11.4 Å². The summed E-state index contributed by atoms with van der Waals surface area (Å²) in [6.07, 6.45) is 0. The average Bonchev–Trinajstić information content (AvgIpc) is 2.84. The maximum absolute atomic E-state index is 12.3. The van der Waals surface area contributed by atoms with Gasteiger partial charge in [-0.25, -0.2) is 4.79 Å². The fourth-order valence-corrected chi connectivity index (χ4v) is 3.84. The normalized spacial score (nSPS) is 10.4. The van der Waals surface area contributed by atoms with Crippen molar-refractivity contribution in [1.29, 1.82) is 0 Å². The first-order valence-electron chi connectivity index (χ1n) is 11.3. The number of hydrogen-bond acceptors (Lipinski definition) is 6. The van der Waals surface area contributed by atoms with E-state index in [1.54, 1.807) is 19.1 Å². The van der Waals surface area contributed by atoms with E-state index in [9.17, 15) is 9.59 Å². The van der Waals surface area contributed by atoms with E-state index < -0.39 is 0 Å². The van der Waals surface area contributed by atoms with Gasteiger partial charge < -0.3 is 24.8 Å². The predicted octanol–water partition coefficient (Wildman–Crippen LogP) is 5.96. The van der Waals surface area contributed by atoms with E-state index in [1.807, 2.05) is 62.4 Å². The van der Waals surface area contributed by atoms with Crippen molar-refractivity contribution in [2.45, 2.75) is 27.3 Å². The van der Waals surface area contributed by atoms with Gasteiger partial charge in [0.15, 0.2) is 18.1 Å². The molecule has 0 spiro atoms. The minimum Gasteiger partial charge on any atom is -0.490 e. The van der Waals surface area contributed by atoms with Crippen molar-refractivity contribution in [3.8, 4) is 11.5 Å². The SMILES string of the molecule is CCOC(=O)c1ccc(NCc2cc(Br)c(OCC(=O)Nc3ccc(C)cc3)c(OCC)c2)cc1. The van der Waals surface area contributed by atoms with Crippen LogP contribution in [0.1, 0.15) is 35.3 Å². The molecule has 0 radical (unpaired) electrons. The Morgan fingerprint density at radius 3 is 2.23 bits per heavy atom. The number of esters is 1. The monoisotopic (exact) mass is 540 g/mol. The molecular weight excluding hydrogens is 512 g/mol. The second-order valence-electron chi connectivity index (χ2n) is 7.69. The number of hydrogen-bond donors (Lipinski definition) is 2. The highest BCUT2D eigenvalue weighted by atomic mass is 79.9. The molecule has 2 N–H and O–H groups in total. The zero-order chi connectivity index (χ0) is 25.2. The minimum absolute atomic E-state index is 0.156. The van der Waals surface area contributed by atoms with Crippen molar-refractivity contribution in [2.24, 2.45) is 0 Å². The molecule has 0 aliphatic rings. The Labute approximate surface area is 213 Å². The molecule has 0 aliphatic carbocycles. The maximum atomic E-state index is 12.3.